The maximum atomic E-state index is 12.0. The van der Waals surface area contributed by atoms with Crippen molar-refractivity contribution in [2.75, 3.05) is 36.9 Å². The van der Waals surface area contributed by atoms with E-state index in [-0.39, 0.29) is 5.91 Å². The van der Waals surface area contributed by atoms with E-state index in [2.05, 4.69) is 17.6 Å². The molecule has 0 aliphatic carbocycles. The minimum Gasteiger partial charge on any atom is -0.355 e. The molecule has 0 saturated carbocycles. The molecule has 0 radical (unpaired) electrons. The molecule has 0 spiro atoms. The Bertz CT molecular complexity index is 277. The van der Waals surface area contributed by atoms with E-state index in [1.165, 1.54) is 30.1 Å². The van der Waals surface area contributed by atoms with Crippen LogP contribution in [0.4, 0.5) is 0 Å². The van der Waals surface area contributed by atoms with Gasteiger partial charge < -0.3 is 10.6 Å². The number of amides is 1. The van der Waals surface area contributed by atoms with Gasteiger partial charge in [0.1, 0.15) is 0 Å². The van der Waals surface area contributed by atoms with Gasteiger partial charge in [-0.3, -0.25) is 4.79 Å². The number of hydrogen-bond acceptors (Lipinski definition) is 4. The molecule has 19 heavy (non-hydrogen) atoms. The lowest BCUT2D eigenvalue weighted by atomic mass is 9.85. The van der Waals surface area contributed by atoms with Crippen molar-refractivity contribution in [2.24, 2.45) is 11.8 Å². The lowest BCUT2D eigenvalue weighted by Gasteiger charge is -2.28. The Morgan fingerprint density at radius 1 is 1.47 bits per heavy atom. The normalized spacial score (nSPS) is 29.7. The van der Waals surface area contributed by atoms with E-state index in [1.807, 2.05) is 23.5 Å². The molecule has 2 N–H and O–H groups in total. The highest BCUT2D eigenvalue weighted by Crippen LogP contribution is 2.24. The number of carbonyl (C=O) groups excluding carboxylic acids is 1. The summed E-state index contributed by atoms with van der Waals surface area (Å²) in [4.78, 5) is 12.0. The molecule has 3 unspecified atom stereocenters. The van der Waals surface area contributed by atoms with E-state index < -0.39 is 0 Å². The van der Waals surface area contributed by atoms with Gasteiger partial charge in [0.2, 0.25) is 5.91 Å². The molecule has 2 saturated heterocycles. The van der Waals surface area contributed by atoms with Gasteiger partial charge in [-0.2, -0.15) is 23.5 Å². The Morgan fingerprint density at radius 3 is 3.05 bits per heavy atom. The number of hydrogen-bond donors (Lipinski definition) is 2. The monoisotopic (exact) mass is 302 g/mol. The number of carbonyl (C=O) groups is 1. The average molecular weight is 303 g/mol. The van der Waals surface area contributed by atoms with Crippen molar-refractivity contribution in [1.29, 1.82) is 0 Å². The maximum Gasteiger partial charge on any atom is 0.220 e. The molecule has 0 aromatic heterocycles. The number of thioether (sulfide) groups is 2. The van der Waals surface area contributed by atoms with E-state index >= 15 is 0 Å². The Morgan fingerprint density at radius 2 is 2.37 bits per heavy atom. The molecule has 2 aliphatic heterocycles. The van der Waals surface area contributed by atoms with E-state index in [0.29, 0.717) is 23.5 Å². The van der Waals surface area contributed by atoms with Crippen LogP contribution < -0.4 is 10.6 Å². The van der Waals surface area contributed by atoms with Crippen LogP contribution in [0, 0.1) is 11.8 Å². The van der Waals surface area contributed by atoms with Gasteiger partial charge in [0.25, 0.3) is 0 Å². The molecule has 3 nitrogen and oxygen atoms in total. The highest BCUT2D eigenvalue weighted by Gasteiger charge is 2.22. The Labute approximate surface area is 125 Å². The third-order valence-electron chi connectivity index (χ3n) is 4.06. The first-order valence-electron chi connectivity index (χ1n) is 7.42. The predicted molar refractivity (Wildman–Crippen MR) is 86.0 cm³/mol. The lowest BCUT2D eigenvalue weighted by molar-refractivity contribution is -0.122. The molecule has 110 valence electrons. The van der Waals surface area contributed by atoms with E-state index in [9.17, 15) is 4.79 Å². The fourth-order valence-corrected chi connectivity index (χ4v) is 5.39. The quantitative estimate of drug-likeness (QED) is 0.815. The van der Waals surface area contributed by atoms with Crippen molar-refractivity contribution in [3.63, 3.8) is 0 Å². The first kappa shape index (κ1) is 15.5. The van der Waals surface area contributed by atoms with E-state index in [4.69, 9.17) is 0 Å². The Kier molecular flexibility index (Phi) is 6.88. The van der Waals surface area contributed by atoms with Crippen LogP contribution in [0.5, 0.6) is 0 Å². The zero-order valence-corrected chi connectivity index (χ0v) is 13.5. The molecule has 1 amide bonds. The van der Waals surface area contributed by atoms with Gasteiger partial charge in [0.15, 0.2) is 0 Å². The Hall–Kier alpha value is 0.130. The van der Waals surface area contributed by atoms with Gasteiger partial charge >= 0.3 is 0 Å². The summed E-state index contributed by atoms with van der Waals surface area (Å²) in [6.45, 7) is 5.31. The summed E-state index contributed by atoms with van der Waals surface area (Å²) < 4.78 is 0. The fraction of sp³-hybridized carbons (Fsp3) is 0.929. The second kappa shape index (κ2) is 8.42. The van der Waals surface area contributed by atoms with Gasteiger partial charge in [0.05, 0.1) is 0 Å². The summed E-state index contributed by atoms with van der Waals surface area (Å²) >= 11 is 4.02. The Balaban J connectivity index is 1.62. The molecular weight excluding hydrogens is 276 g/mol. The van der Waals surface area contributed by atoms with E-state index in [0.717, 1.165) is 19.6 Å². The summed E-state index contributed by atoms with van der Waals surface area (Å²) in [5.41, 5.74) is 0. The minimum absolute atomic E-state index is 0.245. The van der Waals surface area contributed by atoms with Crippen LogP contribution in [0.1, 0.15) is 26.2 Å². The second-order valence-electron chi connectivity index (χ2n) is 5.66. The summed E-state index contributed by atoms with van der Waals surface area (Å²) in [7, 11) is 0. The number of nitrogens with one attached hydrogen (secondary N) is 2. The standard InChI is InChI=1S/C14H26N2OS2/c1-11(12-3-2-4-15-8-12)7-14(17)16-9-13-10-18-5-6-19-13/h11-13,15H,2-10H2,1H3,(H,16,17). The van der Waals surface area contributed by atoms with Crippen LogP contribution in [-0.2, 0) is 4.79 Å². The predicted octanol–water partition coefficient (Wildman–Crippen LogP) is 1.98. The van der Waals surface area contributed by atoms with Crippen molar-refractivity contribution in [1.82, 2.24) is 10.6 Å². The summed E-state index contributed by atoms with van der Waals surface area (Å²) in [6, 6.07) is 0. The van der Waals surface area contributed by atoms with Crippen molar-refractivity contribution >= 4 is 29.4 Å². The van der Waals surface area contributed by atoms with Gasteiger partial charge in [0, 0.05) is 35.5 Å². The molecule has 3 atom stereocenters. The molecule has 5 heteroatoms. The van der Waals surface area contributed by atoms with E-state index in [1.54, 1.807) is 0 Å². The van der Waals surface area contributed by atoms with Crippen LogP contribution in [0.3, 0.4) is 0 Å². The van der Waals surface area contributed by atoms with Crippen LogP contribution in [-0.4, -0.2) is 48.0 Å². The van der Waals surface area contributed by atoms with Gasteiger partial charge in [-0.15, -0.1) is 0 Å². The second-order valence-corrected chi connectivity index (χ2v) is 8.22. The molecule has 0 aromatic rings. The summed E-state index contributed by atoms with van der Waals surface area (Å²) in [5.74, 6) is 5.11. The number of rotatable bonds is 5. The van der Waals surface area contributed by atoms with Crippen LogP contribution in [0.2, 0.25) is 0 Å². The number of piperidine rings is 1. The largest absolute Gasteiger partial charge is 0.355 e. The van der Waals surface area contributed by atoms with Crippen LogP contribution in [0.25, 0.3) is 0 Å². The fourth-order valence-electron chi connectivity index (χ4n) is 2.78. The maximum absolute atomic E-state index is 12.0. The zero-order chi connectivity index (χ0) is 13.5. The third-order valence-corrected chi connectivity index (χ3v) is 6.90. The van der Waals surface area contributed by atoms with Crippen molar-refractivity contribution in [3.05, 3.63) is 0 Å². The van der Waals surface area contributed by atoms with Crippen molar-refractivity contribution in [3.8, 4) is 0 Å². The molecule has 2 aliphatic rings. The highest BCUT2D eigenvalue weighted by molar-refractivity contribution is 8.06. The third kappa shape index (κ3) is 5.56. The topological polar surface area (TPSA) is 41.1 Å². The zero-order valence-electron chi connectivity index (χ0n) is 11.8. The molecule has 0 aromatic carbocycles. The first-order chi connectivity index (χ1) is 9.25. The van der Waals surface area contributed by atoms with Crippen molar-refractivity contribution in [2.45, 2.75) is 31.4 Å². The first-order valence-corrected chi connectivity index (χ1v) is 9.63. The van der Waals surface area contributed by atoms with Gasteiger partial charge in [-0.25, -0.2) is 0 Å². The average Bonchev–Trinajstić information content (AvgIpc) is 2.47. The summed E-state index contributed by atoms with van der Waals surface area (Å²) in [5, 5.41) is 7.18. The lowest BCUT2D eigenvalue weighted by Crippen LogP contribution is -2.37. The van der Waals surface area contributed by atoms with Crippen molar-refractivity contribution < 1.29 is 4.79 Å². The minimum atomic E-state index is 0.245. The SMILES string of the molecule is CC(CC(=O)NCC1CSCCS1)C1CCCNC1. The van der Waals surface area contributed by atoms with Gasteiger partial charge in [-0.1, -0.05) is 6.92 Å². The molecule has 0 bridgehead atoms. The smallest absolute Gasteiger partial charge is 0.220 e. The molecule has 2 fully saturated rings. The van der Waals surface area contributed by atoms with Crippen LogP contribution >= 0.6 is 23.5 Å². The van der Waals surface area contributed by atoms with Gasteiger partial charge in [-0.05, 0) is 37.8 Å². The molecule has 2 heterocycles. The molecule has 2 rings (SSSR count). The van der Waals surface area contributed by atoms with Crippen LogP contribution in [0.15, 0.2) is 0 Å². The summed E-state index contributed by atoms with van der Waals surface area (Å²) in [6.07, 6.45) is 3.22. The highest BCUT2D eigenvalue weighted by atomic mass is 32.2. The molecular formula is C14H26N2OS2.